The lowest BCUT2D eigenvalue weighted by atomic mass is 9.83. The summed E-state index contributed by atoms with van der Waals surface area (Å²) < 4.78 is 2.18. The number of pyridine rings is 1. The number of nitrogens with zero attached hydrogens (tertiary/aromatic N) is 3. The second kappa shape index (κ2) is 9.81. The van der Waals surface area contributed by atoms with E-state index in [4.69, 9.17) is 0 Å². The van der Waals surface area contributed by atoms with Crippen molar-refractivity contribution in [2.45, 2.75) is 58.6 Å². The number of fused-ring (bicyclic) bond motifs is 1. The molecule has 8 heteroatoms. The van der Waals surface area contributed by atoms with E-state index in [0.717, 1.165) is 47.3 Å². The topological polar surface area (TPSA) is 96.6 Å². The van der Waals surface area contributed by atoms with Crippen molar-refractivity contribution in [2.24, 2.45) is 16.8 Å². The molecule has 2 aliphatic rings. The lowest BCUT2D eigenvalue weighted by Gasteiger charge is -2.32. The fourth-order valence-corrected chi connectivity index (χ4v) is 5.98. The van der Waals surface area contributed by atoms with Gasteiger partial charge < -0.3 is 15.0 Å². The van der Waals surface area contributed by atoms with Crippen molar-refractivity contribution < 1.29 is 14.7 Å². The van der Waals surface area contributed by atoms with Crippen molar-refractivity contribution in [3.8, 4) is 0 Å². The Bertz CT molecular complexity index is 1130. The molecule has 2 N–H and O–H groups in total. The highest BCUT2D eigenvalue weighted by molar-refractivity contribution is 8.02. The van der Waals surface area contributed by atoms with Gasteiger partial charge in [0.25, 0.3) is 11.8 Å². The normalized spacial score (nSPS) is 24.4. The molecule has 2 aromatic heterocycles. The molecule has 1 aliphatic carbocycles. The van der Waals surface area contributed by atoms with Crippen LogP contribution in [0.3, 0.4) is 0 Å². The molecule has 0 radical (unpaired) electrons. The number of aliphatic imine (C=N–C) groups is 1. The van der Waals surface area contributed by atoms with E-state index < -0.39 is 5.92 Å². The first-order valence-corrected chi connectivity index (χ1v) is 12.8. The number of aliphatic hydroxyl groups excluding tert-OH is 1. The van der Waals surface area contributed by atoms with Gasteiger partial charge in [0.05, 0.1) is 17.6 Å². The van der Waals surface area contributed by atoms with Crippen molar-refractivity contribution >= 4 is 40.3 Å². The second-order valence-electron chi connectivity index (χ2n) is 9.12. The molecule has 2 aromatic rings. The molecule has 1 saturated carbocycles. The fraction of sp³-hybridized carbons (Fsp3) is 0.520. The van der Waals surface area contributed by atoms with Crippen LogP contribution < -0.4 is 5.32 Å². The largest absolute Gasteiger partial charge is 0.393 e. The average molecular weight is 469 g/mol. The molecule has 33 heavy (non-hydrogen) atoms. The molecule has 2 atom stereocenters. The molecular formula is C25H32N4O3S. The smallest absolute Gasteiger partial charge is 0.255 e. The van der Waals surface area contributed by atoms with E-state index in [1.807, 2.05) is 38.3 Å². The molecule has 1 aliphatic heterocycles. The Kier molecular flexibility index (Phi) is 7.05. The van der Waals surface area contributed by atoms with Crippen LogP contribution >= 0.6 is 11.8 Å². The quantitative estimate of drug-likeness (QED) is 0.667. The van der Waals surface area contributed by atoms with Crippen LogP contribution in [-0.2, 0) is 4.79 Å². The number of carbonyl (C=O) groups excluding carboxylic acids is 2. The van der Waals surface area contributed by atoms with Gasteiger partial charge in [0, 0.05) is 40.5 Å². The van der Waals surface area contributed by atoms with Crippen molar-refractivity contribution in [1.82, 2.24) is 14.9 Å². The first-order chi connectivity index (χ1) is 15.8. The Hall–Kier alpha value is -2.45. The first kappa shape index (κ1) is 23.7. The summed E-state index contributed by atoms with van der Waals surface area (Å²) in [6.07, 6.45) is 8.95. The fourth-order valence-electron chi connectivity index (χ4n) is 5.22. The molecule has 176 valence electrons. The minimum Gasteiger partial charge on any atom is -0.393 e. The van der Waals surface area contributed by atoms with Crippen LogP contribution in [0.4, 0.5) is 0 Å². The Morgan fingerprint density at radius 1 is 1.30 bits per heavy atom. The Labute approximate surface area is 198 Å². The van der Waals surface area contributed by atoms with Crippen molar-refractivity contribution in [3.05, 3.63) is 40.6 Å². The van der Waals surface area contributed by atoms with Crippen LogP contribution in [-0.4, -0.2) is 51.1 Å². The van der Waals surface area contributed by atoms with Gasteiger partial charge in [0.15, 0.2) is 0 Å². The number of hydrogen-bond acceptors (Lipinski definition) is 5. The van der Waals surface area contributed by atoms with Crippen molar-refractivity contribution in [3.63, 3.8) is 0 Å². The number of allylic oxidation sites excluding steroid dienone is 1. The molecule has 0 bridgehead atoms. The summed E-state index contributed by atoms with van der Waals surface area (Å²) in [5, 5.41) is 13.7. The standard InChI is InChI=1S/C25H32N4O3S/c1-14-12-21(33-4)20(24(31)28-14)13-27-25(32)22-16(3)29(23-19(22)6-5-11-26-23)15(2)17-7-9-18(30)10-8-17/h5-6,11-12,15,17-18,20,30H,7-10,13H2,1-4H3,(H,27,32)/t15-,17?,18?,20?/m1/s1. The highest BCUT2D eigenvalue weighted by atomic mass is 32.2. The molecule has 1 fully saturated rings. The number of aliphatic hydroxyl groups is 1. The van der Waals surface area contributed by atoms with E-state index >= 15 is 0 Å². The molecule has 7 nitrogen and oxygen atoms in total. The highest BCUT2D eigenvalue weighted by Crippen LogP contribution is 2.37. The van der Waals surface area contributed by atoms with Crippen LogP contribution in [0.5, 0.6) is 0 Å². The number of dihydropyridines is 1. The predicted octanol–water partition coefficient (Wildman–Crippen LogP) is 4.05. The Morgan fingerprint density at radius 2 is 2.03 bits per heavy atom. The van der Waals surface area contributed by atoms with Crippen LogP contribution in [0.25, 0.3) is 11.0 Å². The third kappa shape index (κ3) is 4.64. The lowest BCUT2D eigenvalue weighted by molar-refractivity contribution is -0.120. The SMILES string of the molecule is CSC1=CC(C)=NC(=O)C1CNC(=O)c1c(C)n([C@H](C)C2CCC(O)CC2)c2ncccc12. The summed E-state index contributed by atoms with van der Waals surface area (Å²) in [5.41, 5.74) is 2.99. The van der Waals surface area contributed by atoms with Gasteiger partial charge in [-0.1, -0.05) is 0 Å². The lowest BCUT2D eigenvalue weighted by Crippen LogP contribution is -2.35. The minimum absolute atomic E-state index is 0.166. The van der Waals surface area contributed by atoms with Crippen LogP contribution in [0.1, 0.15) is 61.6 Å². The predicted molar refractivity (Wildman–Crippen MR) is 133 cm³/mol. The zero-order valence-corrected chi connectivity index (χ0v) is 20.5. The molecule has 1 unspecified atom stereocenters. The van der Waals surface area contributed by atoms with Gasteiger partial charge in [0.1, 0.15) is 5.65 Å². The van der Waals surface area contributed by atoms with Crippen molar-refractivity contribution in [2.75, 3.05) is 12.8 Å². The van der Waals surface area contributed by atoms with Gasteiger partial charge in [-0.25, -0.2) is 9.98 Å². The van der Waals surface area contributed by atoms with Gasteiger partial charge in [0.2, 0.25) is 0 Å². The van der Waals surface area contributed by atoms with Gasteiger partial charge in [-0.15, -0.1) is 11.8 Å². The van der Waals surface area contributed by atoms with E-state index in [2.05, 4.69) is 26.8 Å². The Morgan fingerprint density at radius 3 is 2.73 bits per heavy atom. The zero-order valence-electron chi connectivity index (χ0n) is 19.7. The molecule has 2 amide bonds. The Balaban J connectivity index is 1.60. The van der Waals surface area contributed by atoms with Crippen LogP contribution in [0.15, 0.2) is 34.3 Å². The third-order valence-corrected chi connectivity index (χ3v) is 7.92. The monoisotopic (exact) mass is 468 g/mol. The summed E-state index contributed by atoms with van der Waals surface area (Å²) in [6.45, 7) is 6.17. The second-order valence-corrected chi connectivity index (χ2v) is 10.00. The van der Waals surface area contributed by atoms with Gasteiger partial charge in [-0.05, 0) is 76.8 Å². The number of carbonyl (C=O) groups is 2. The summed E-state index contributed by atoms with van der Waals surface area (Å²) in [4.78, 5) is 35.5. The van der Waals surface area contributed by atoms with Gasteiger partial charge in [-0.3, -0.25) is 9.59 Å². The number of thioether (sulfide) groups is 1. The van der Waals surface area contributed by atoms with Crippen LogP contribution in [0, 0.1) is 18.8 Å². The van der Waals surface area contributed by atoms with Crippen molar-refractivity contribution in [1.29, 1.82) is 0 Å². The number of nitrogens with one attached hydrogen (secondary N) is 1. The van der Waals surface area contributed by atoms with Gasteiger partial charge in [-0.2, -0.15) is 0 Å². The zero-order chi connectivity index (χ0) is 23.7. The molecular weight excluding hydrogens is 436 g/mol. The first-order valence-electron chi connectivity index (χ1n) is 11.6. The molecule has 0 spiro atoms. The van der Waals surface area contributed by atoms with E-state index in [0.29, 0.717) is 17.2 Å². The molecule has 0 aromatic carbocycles. The van der Waals surface area contributed by atoms with Crippen LogP contribution in [0.2, 0.25) is 0 Å². The number of rotatable bonds is 6. The third-order valence-electron chi connectivity index (χ3n) is 7.05. The molecule has 4 rings (SSSR count). The average Bonchev–Trinajstić information content (AvgIpc) is 3.09. The van der Waals surface area contributed by atoms with E-state index in [9.17, 15) is 14.7 Å². The maximum Gasteiger partial charge on any atom is 0.255 e. The summed E-state index contributed by atoms with van der Waals surface area (Å²) in [7, 11) is 0. The van der Waals surface area contributed by atoms with Gasteiger partial charge >= 0.3 is 0 Å². The molecule has 3 heterocycles. The van der Waals surface area contributed by atoms with E-state index in [1.54, 1.807) is 6.20 Å². The summed E-state index contributed by atoms with van der Waals surface area (Å²) in [5.74, 6) is -0.438. The van der Waals surface area contributed by atoms with E-state index in [1.165, 1.54) is 11.8 Å². The van der Waals surface area contributed by atoms with E-state index in [-0.39, 0.29) is 30.5 Å². The number of hydrogen-bond donors (Lipinski definition) is 2. The molecule has 0 saturated heterocycles. The minimum atomic E-state index is -0.452. The maximum absolute atomic E-state index is 13.4. The number of aromatic nitrogens is 2. The maximum atomic E-state index is 13.4. The number of amides is 2. The summed E-state index contributed by atoms with van der Waals surface area (Å²) in [6, 6.07) is 3.95. The highest BCUT2D eigenvalue weighted by Gasteiger charge is 2.31. The summed E-state index contributed by atoms with van der Waals surface area (Å²) >= 11 is 1.51.